The predicted molar refractivity (Wildman–Crippen MR) is 92.5 cm³/mol. The third-order valence-electron chi connectivity index (χ3n) is 3.47. The van der Waals surface area contributed by atoms with Crippen molar-refractivity contribution in [3.05, 3.63) is 41.3 Å². The zero-order valence-electron chi connectivity index (χ0n) is 13.3. The van der Waals surface area contributed by atoms with Gasteiger partial charge in [-0.05, 0) is 31.2 Å². The number of nitrogens with zero attached hydrogens (tertiary/aromatic N) is 4. The Kier molecular flexibility index (Phi) is 5.40. The summed E-state index contributed by atoms with van der Waals surface area (Å²) in [6, 6.07) is 7.20. The van der Waals surface area contributed by atoms with Crippen LogP contribution in [0.4, 0.5) is 0 Å². The lowest BCUT2D eigenvalue weighted by atomic mass is 10.2. The first kappa shape index (κ1) is 17.5. The molecule has 0 spiro atoms. The van der Waals surface area contributed by atoms with Crippen molar-refractivity contribution < 1.29 is 14.6 Å². The summed E-state index contributed by atoms with van der Waals surface area (Å²) in [6.07, 6.45) is 1.68. The number of carboxylic acids is 1. The van der Waals surface area contributed by atoms with Crippen LogP contribution in [0.1, 0.15) is 12.7 Å². The summed E-state index contributed by atoms with van der Waals surface area (Å²) in [5.41, 5.74) is 0.670. The van der Waals surface area contributed by atoms with Crippen LogP contribution in [0.2, 0.25) is 5.02 Å². The first-order valence-corrected chi connectivity index (χ1v) is 8.87. The van der Waals surface area contributed by atoms with Gasteiger partial charge in [0, 0.05) is 23.9 Å². The number of carbonyl (C=O) groups excluding carboxylic acids is 1. The van der Waals surface area contributed by atoms with E-state index in [-0.39, 0.29) is 12.4 Å². The normalized spacial score (nSPS) is 11.0. The fraction of sp³-hybridized carbons (Fsp3) is 0.250. The van der Waals surface area contributed by atoms with E-state index in [1.54, 1.807) is 22.9 Å². The van der Waals surface area contributed by atoms with Crippen LogP contribution in [0, 0.1) is 0 Å². The molecule has 7 nitrogen and oxygen atoms in total. The van der Waals surface area contributed by atoms with Crippen LogP contribution >= 0.6 is 23.4 Å². The molecular weight excluding hydrogens is 364 g/mol. The number of halogens is 1. The number of carboxylic acid groups (broad SMARTS) is 1. The number of benzene rings is 1. The Morgan fingerprint density at radius 1 is 1.36 bits per heavy atom. The van der Waals surface area contributed by atoms with Gasteiger partial charge < -0.3 is 19.2 Å². The minimum atomic E-state index is -1.15. The van der Waals surface area contributed by atoms with Crippen molar-refractivity contribution in [1.29, 1.82) is 0 Å². The summed E-state index contributed by atoms with van der Waals surface area (Å²) in [4.78, 5) is 14.9. The maximum atomic E-state index is 10.6. The van der Waals surface area contributed by atoms with Gasteiger partial charge in [-0.3, -0.25) is 4.98 Å². The largest absolute Gasteiger partial charge is 0.549 e. The highest BCUT2D eigenvalue weighted by molar-refractivity contribution is 7.99. The fourth-order valence-electron chi connectivity index (χ4n) is 2.34. The van der Waals surface area contributed by atoms with Crippen LogP contribution in [0.5, 0.6) is 5.75 Å². The molecule has 130 valence electrons. The highest BCUT2D eigenvalue weighted by Crippen LogP contribution is 2.30. The van der Waals surface area contributed by atoms with E-state index < -0.39 is 5.97 Å². The molecule has 0 saturated heterocycles. The first-order valence-electron chi connectivity index (χ1n) is 7.51. The molecule has 9 heteroatoms. The quantitative estimate of drug-likeness (QED) is 0.580. The molecule has 0 bridgehead atoms. The molecule has 0 aliphatic heterocycles. The Bertz CT molecular complexity index is 916. The molecule has 25 heavy (non-hydrogen) atoms. The first-order chi connectivity index (χ1) is 12.1. The second-order valence-electron chi connectivity index (χ2n) is 5.04. The van der Waals surface area contributed by atoms with Gasteiger partial charge in [0.1, 0.15) is 17.9 Å². The van der Waals surface area contributed by atoms with Gasteiger partial charge in [-0.25, -0.2) is 0 Å². The molecule has 2 aromatic heterocycles. The molecule has 0 radical (unpaired) electrons. The van der Waals surface area contributed by atoms with Crippen LogP contribution in [0.25, 0.3) is 10.9 Å². The average molecular weight is 378 g/mol. The van der Waals surface area contributed by atoms with Gasteiger partial charge in [0.05, 0.1) is 11.0 Å². The summed E-state index contributed by atoms with van der Waals surface area (Å²) in [5.74, 6) is -0.130. The van der Waals surface area contributed by atoms with Gasteiger partial charge in [0.2, 0.25) is 0 Å². The Morgan fingerprint density at radius 2 is 2.20 bits per heavy atom. The van der Waals surface area contributed by atoms with Crippen molar-refractivity contribution in [3.63, 3.8) is 0 Å². The number of hydrogen-bond acceptors (Lipinski definition) is 7. The molecule has 0 saturated carbocycles. The fourth-order valence-corrected chi connectivity index (χ4v) is 3.30. The van der Waals surface area contributed by atoms with E-state index in [9.17, 15) is 9.90 Å². The smallest absolute Gasteiger partial charge is 0.191 e. The number of pyridine rings is 1. The monoisotopic (exact) mass is 377 g/mol. The minimum Gasteiger partial charge on any atom is -0.549 e. The number of ether oxygens (including phenoxy) is 1. The van der Waals surface area contributed by atoms with Crippen molar-refractivity contribution in [3.8, 4) is 5.75 Å². The zero-order chi connectivity index (χ0) is 17.8. The Hall–Kier alpha value is -2.32. The molecule has 0 amide bonds. The molecule has 1 aromatic carbocycles. The maximum Gasteiger partial charge on any atom is 0.191 e. The standard InChI is InChI=1S/C16H15ClN4O3S/c1-2-21-13(19-20-16(21)25-9-14(22)23)8-24-12-6-5-11(17)10-4-3-7-18-15(10)12/h3-7H,2,8-9H2,1H3,(H,22,23)/p-1. The maximum absolute atomic E-state index is 10.6. The van der Waals surface area contributed by atoms with E-state index in [4.69, 9.17) is 16.3 Å². The van der Waals surface area contributed by atoms with Gasteiger partial charge >= 0.3 is 0 Å². The SMILES string of the molecule is CCn1c(COc2ccc(Cl)c3cccnc23)nnc1SCC(=O)[O-]. The summed E-state index contributed by atoms with van der Waals surface area (Å²) < 4.78 is 7.66. The van der Waals surface area contributed by atoms with E-state index in [1.807, 2.05) is 19.1 Å². The lowest BCUT2D eigenvalue weighted by Crippen LogP contribution is -2.24. The van der Waals surface area contributed by atoms with Crippen molar-refractivity contribution in [2.45, 2.75) is 25.2 Å². The topological polar surface area (TPSA) is 93.0 Å². The van der Waals surface area contributed by atoms with Crippen molar-refractivity contribution in [2.24, 2.45) is 0 Å². The number of rotatable bonds is 7. The van der Waals surface area contributed by atoms with Crippen LogP contribution < -0.4 is 9.84 Å². The molecule has 0 N–H and O–H groups in total. The number of thioether (sulfide) groups is 1. The van der Waals surface area contributed by atoms with E-state index in [1.165, 1.54) is 0 Å². The molecular formula is C16H14ClN4O3S-. The van der Waals surface area contributed by atoms with E-state index >= 15 is 0 Å². The van der Waals surface area contributed by atoms with Crippen LogP contribution in [-0.2, 0) is 17.9 Å². The molecule has 0 unspecified atom stereocenters. The third kappa shape index (κ3) is 3.85. The summed E-state index contributed by atoms with van der Waals surface area (Å²) >= 11 is 7.25. The lowest BCUT2D eigenvalue weighted by molar-refractivity contribution is -0.301. The second-order valence-corrected chi connectivity index (χ2v) is 6.39. The number of hydrogen-bond donors (Lipinski definition) is 0. The third-order valence-corrected chi connectivity index (χ3v) is 4.73. The molecule has 0 aliphatic carbocycles. The number of fused-ring (bicyclic) bond motifs is 1. The molecule has 3 rings (SSSR count). The molecule has 0 aliphatic rings. The van der Waals surface area contributed by atoms with Gasteiger partial charge in [-0.1, -0.05) is 23.4 Å². The molecule has 0 atom stereocenters. The van der Waals surface area contributed by atoms with E-state index in [0.717, 1.165) is 17.1 Å². The van der Waals surface area contributed by atoms with Crippen LogP contribution in [-0.4, -0.2) is 31.5 Å². The van der Waals surface area contributed by atoms with Crippen LogP contribution in [0.15, 0.2) is 35.6 Å². The second kappa shape index (κ2) is 7.71. The average Bonchev–Trinajstić information content (AvgIpc) is 3.01. The summed E-state index contributed by atoms with van der Waals surface area (Å²) in [6.45, 7) is 2.70. The highest BCUT2D eigenvalue weighted by atomic mass is 35.5. The molecule has 0 fully saturated rings. The zero-order valence-corrected chi connectivity index (χ0v) is 14.9. The summed E-state index contributed by atoms with van der Waals surface area (Å²) in [7, 11) is 0. The van der Waals surface area contributed by atoms with Crippen molar-refractivity contribution in [1.82, 2.24) is 19.7 Å². The Morgan fingerprint density at radius 3 is 2.96 bits per heavy atom. The van der Waals surface area contributed by atoms with Gasteiger partial charge in [-0.2, -0.15) is 0 Å². The Balaban J connectivity index is 1.80. The predicted octanol–water partition coefficient (Wildman–Crippen LogP) is 1.92. The number of carbonyl (C=O) groups is 1. The van der Waals surface area contributed by atoms with Crippen molar-refractivity contribution >= 4 is 40.2 Å². The van der Waals surface area contributed by atoms with Gasteiger partial charge in [0.25, 0.3) is 0 Å². The Labute approximate surface area is 153 Å². The van der Waals surface area contributed by atoms with Crippen molar-refractivity contribution in [2.75, 3.05) is 5.75 Å². The van der Waals surface area contributed by atoms with Crippen LogP contribution in [0.3, 0.4) is 0 Å². The number of aromatic nitrogens is 4. The van der Waals surface area contributed by atoms with E-state index in [0.29, 0.717) is 33.8 Å². The van der Waals surface area contributed by atoms with Gasteiger partial charge in [0.15, 0.2) is 11.0 Å². The minimum absolute atomic E-state index is 0.176. The number of aliphatic carboxylic acids is 1. The lowest BCUT2D eigenvalue weighted by Gasteiger charge is -2.11. The van der Waals surface area contributed by atoms with E-state index in [2.05, 4.69) is 15.2 Å². The molecule has 2 heterocycles. The highest BCUT2D eigenvalue weighted by Gasteiger charge is 2.13. The van der Waals surface area contributed by atoms with Gasteiger partial charge in [-0.15, -0.1) is 10.2 Å². The summed E-state index contributed by atoms with van der Waals surface area (Å²) in [5, 5.41) is 20.6. The molecule has 3 aromatic rings.